The first kappa shape index (κ1) is 9.51. The molecule has 1 N–H and O–H groups in total. The van der Waals surface area contributed by atoms with Crippen LogP contribution in [-0.2, 0) is 0 Å². The summed E-state index contributed by atoms with van der Waals surface area (Å²) in [5.74, 6) is 1.50. The van der Waals surface area contributed by atoms with E-state index >= 15 is 0 Å². The van der Waals surface area contributed by atoms with Crippen LogP contribution in [0.15, 0.2) is 22.6 Å². The molecule has 0 aliphatic carbocycles. The molecule has 78 valence electrons. The van der Waals surface area contributed by atoms with Crippen molar-refractivity contribution in [3.8, 4) is 23.0 Å². The number of hydrogen-bond donors (Lipinski definition) is 1. The Morgan fingerprint density at radius 3 is 2.73 bits per heavy atom. The van der Waals surface area contributed by atoms with Crippen molar-refractivity contribution in [3.05, 3.63) is 24.1 Å². The average Bonchev–Trinajstić information content (AvgIpc) is 2.64. The highest BCUT2D eigenvalue weighted by Gasteiger charge is 2.12. The largest absolute Gasteiger partial charge is 0.508 e. The third-order valence-electron chi connectivity index (χ3n) is 1.94. The van der Waals surface area contributed by atoms with E-state index in [2.05, 4.69) is 10.2 Å². The van der Waals surface area contributed by atoms with Crippen LogP contribution in [0.3, 0.4) is 0 Å². The number of hydrogen-bond acceptors (Lipinski definition) is 5. The van der Waals surface area contributed by atoms with Crippen molar-refractivity contribution in [1.82, 2.24) is 10.2 Å². The van der Waals surface area contributed by atoms with Crippen molar-refractivity contribution < 1.29 is 14.3 Å². The lowest BCUT2D eigenvalue weighted by Crippen LogP contribution is -1.87. The fraction of sp³-hybridized carbons (Fsp3) is 0.200. The highest BCUT2D eigenvalue weighted by molar-refractivity contribution is 5.64. The summed E-state index contributed by atoms with van der Waals surface area (Å²) in [5.41, 5.74) is 0.663. The smallest absolute Gasteiger partial charge is 0.251 e. The maximum Gasteiger partial charge on any atom is 0.251 e. The van der Waals surface area contributed by atoms with Crippen LogP contribution in [0.2, 0.25) is 0 Å². The highest BCUT2D eigenvalue weighted by atomic mass is 16.5. The van der Waals surface area contributed by atoms with Crippen LogP contribution >= 0.6 is 0 Å². The van der Waals surface area contributed by atoms with Gasteiger partial charge in [-0.15, -0.1) is 10.2 Å². The van der Waals surface area contributed by atoms with Crippen molar-refractivity contribution in [2.75, 3.05) is 7.11 Å². The lowest BCUT2D eigenvalue weighted by molar-refractivity contribution is 0.407. The lowest BCUT2D eigenvalue weighted by atomic mass is 10.2. The zero-order valence-electron chi connectivity index (χ0n) is 8.39. The highest BCUT2D eigenvalue weighted by Crippen LogP contribution is 2.31. The van der Waals surface area contributed by atoms with Gasteiger partial charge in [-0.25, -0.2) is 0 Å². The number of nitrogens with zero attached hydrogens (tertiary/aromatic N) is 2. The molecule has 0 saturated carbocycles. The lowest BCUT2D eigenvalue weighted by Gasteiger charge is -2.04. The average molecular weight is 206 g/mol. The van der Waals surface area contributed by atoms with Gasteiger partial charge in [0.25, 0.3) is 5.89 Å². The van der Waals surface area contributed by atoms with Crippen molar-refractivity contribution in [2.24, 2.45) is 0 Å². The number of aromatic nitrogens is 2. The Balaban J connectivity index is 2.52. The van der Waals surface area contributed by atoms with E-state index in [0.717, 1.165) is 0 Å². The summed E-state index contributed by atoms with van der Waals surface area (Å²) in [7, 11) is 1.52. The topological polar surface area (TPSA) is 68.4 Å². The van der Waals surface area contributed by atoms with Crippen LogP contribution in [0, 0.1) is 6.92 Å². The second kappa shape index (κ2) is 3.61. The predicted molar refractivity (Wildman–Crippen MR) is 52.7 cm³/mol. The van der Waals surface area contributed by atoms with E-state index in [4.69, 9.17) is 9.15 Å². The van der Waals surface area contributed by atoms with Crippen LogP contribution in [0.4, 0.5) is 0 Å². The fourth-order valence-electron chi connectivity index (χ4n) is 1.26. The van der Waals surface area contributed by atoms with Crippen LogP contribution in [-0.4, -0.2) is 22.4 Å². The van der Waals surface area contributed by atoms with Gasteiger partial charge in [-0.05, 0) is 12.1 Å². The molecule has 0 aliphatic rings. The number of phenolic OH excluding ortho intramolecular Hbond substituents is 1. The van der Waals surface area contributed by atoms with E-state index in [-0.39, 0.29) is 5.75 Å². The number of aryl methyl sites for hydroxylation is 1. The minimum atomic E-state index is 0.131. The van der Waals surface area contributed by atoms with Crippen molar-refractivity contribution >= 4 is 0 Å². The molecule has 0 bridgehead atoms. The number of phenols is 1. The van der Waals surface area contributed by atoms with E-state index in [1.54, 1.807) is 13.0 Å². The number of benzene rings is 1. The minimum absolute atomic E-state index is 0.131. The van der Waals surface area contributed by atoms with E-state index in [1.165, 1.54) is 19.2 Å². The molecule has 0 saturated heterocycles. The van der Waals surface area contributed by atoms with E-state index in [9.17, 15) is 5.11 Å². The molecule has 1 aromatic heterocycles. The Hall–Kier alpha value is -2.04. The monoisotopic (exact) mass is 206 g/mol. The molecule has 1 aromatic carbocycles. The van der Waals surface area contributed by atoms with Gasteiger partial charge < -0.3 is 14.3 Å². The van der Waals surface area contributed by atoms with E-state index in [1.807, 2.05) is 0 Å². The first-order chi connectivity index (χ1) is 7.20. The number of aromatic hydroxyl groups is 1. The molecular weight excluding hydrogens is 196 g/mol. The third kappa shape index (κ3) is 1.76. The summed E-state index contributed by atoms with van der Waals surface area (Å²) >= 11 is 0. The van der Waals surface area contributed by atoms with Crippen molar-refractivity contribution in [1.29, 1.82) is 0 Å². The molecule has 0 fully saturated rings. The molecule has 0 radical (unpaired) electrons. The normalized spacial score (nSPS) is 10.3. The molecule has 0 unspecified atom stereocenters. The van der Waals surface area contributed by atoms with Crippen LogP contribution in [0.25, 0.3) is 11.5 Å². The van der Waals surface area contributed by atoms with Gasteiger partial charge in [-0.1, -0.05) is 0 Å². The van der Waals surface area contributed by atoms with Crippen LogP contribution in [0.1, 0.15) is 5.89 Å². The van der Waals surface area contributed by atoms with E-state index < -0.39 is 0 Å². The van der Waals surface area contributed by atoms with Crippen molar-refractivity contribution in [2.45, 2.75) is 6.92 Å². The molecule has 0 atom stereocenters. The maximum absolute atomic E-state index is 9.27. The molecule has 2 aromatic rings. The Morgan fingerprint density at radius 1 is 1.33 bits per heavy atom. The Morgan fingerprint density at radius 2 is 2.13 bits per heavy atom. The third-order valence-corrected chi connectivity index (χ3v) is 1.94. The summed E-state index contributed by atoms with van der Waals surface area (Å²) in [6.45, 7) is 1.71. The van der Waals surface area contributed by atoms with Gasteiger partial charge >= 0.3 is 0 Å². The second-order valence-corrected chi connectivity index (χ2v) is 3.01. The summed E-state index contributed by atoms with van der Waals surface area (Å²) in [4.78, 5) is 0. The molecule has 2 rings (SSSR count). The summed E-state index contributed by atoms with van der Waals surface area (Å²) in [6, 6.07) is 4.70. The first-order valence-electron chi connectivity index (χ1n) is 4.38. The number of rotatable bonds is 2. The molecule has 0 amide bonds. The minimum Gasteiger partial charge on any atom is -0.508 e. The zero-order chi connectivity index (χ0) is 10.8. The van der Waals surface area contributed by atoms with E-state index in [0.29, 0.717) is 23.1 Å². The maximum atomic E-state index is 9.27. The SMILES string of the molecule is COc1cc(O)ccc1-c1nnc(C)o1. The molecular formula is C10H10N2O3. The summed E-state index contributed by atoms with van der Waals surface area (Å²) in [6.07, 6.45) is 0. The molecule has 0 spiro atoms. The summed E-state index contributed by atoms with van der Waals surface area (Å²) in [5, 5.41) is 16.9. The number of methoxy groups -OCH3 is 1. The molecule has 0 aliphatic heterocycles. The standard InChI is InChI=1S/C10H10N2O3/c1-6-11-12-10(15-6)8-4-3-7(13)5-9(8)14-2/h3-5,13H,1-2H3. The first-order valence-corrected chi connectivity index (χ1v) is 4.38. The van der Waals surface area contributed by atoms with Gasteiger partial charge in [0.15, 0.2) is 0 Å². The van der Waals surface area contributed by atoms with Crippen LogP contribution < -0.4 is 4.74 Å². The van der Waals surface area contributed by atoms with Gasteiger partial charge in [0.2, 0.25) is 5.89 Å². The van der Waals surface area contributed by atoms with Crippen molar-refractivity contribution in [3.63, 3.8) is 0 Å². The molecule has 5 heteroatoms. The quantitative estimate of drug-likeness (QED) is 0.810. The van der Waals surface area contributed by atoms with Crippen LogP contribution in [0.5, 0.6) is 11.5 Å². The predicted octanol–water partition coefficient (Wildman–Crippen LogP) is 1.76. The van der Waals surface area contributed by atoms with Gasteiger partial charge in [0.1, 0.15) is 11.5 Å². The molecule has 1 heterocycles. The van der Waals surface area contributed by atoms with Gasteiger partial charge in [-0.3, -0.25) is 0 Å². The fourth-order valence-corrected chi connectivity index (χ4v) is 1.26. The Bertz CT molecular complexity index is 479. The Kier molecular flexibility index (Phi) is 2.29. The van der Waals surface area contributed by atoms with Gasteiger partial charge in [-0.2, -0.15) is 0 Å². The van der Waals surface area contributed by atoms with Gasteiger partial charge in [0.05, 0.1) is 12.7 Å². The molecule has 5 nitrogen and oxygen atoms in total. The summed E-state index contributed by atoms with van der Waals surface area (Å²) < 4.78 is 10.4. The molecule has 15 heavy (non-hydrogen) atoms. The second-order valence-electron chi connectivity index (χ2n) is 3.01. The number of ether oxygens (including phenoxy) is 1. The zero-order valence-corrected chi connectivity index (χ0v) is 8.39. The Labute approximate surface area is 86.3 Å². The van der Waals surface area contributed by atoms with Gasteiger partial charge in [0, 0.05) is 13.0 Å².